The van der Waals surface area contributed by atoms with Gasteiger partial charge >= 0.3 is 0 Å². The van der Waals surface area contributed by atoms with Crippen LogP contribution in [-0.2, 0) is 4.79 Å². The SMILES string of the molecule is CC1(C2CC2)Nc2c(cnc3ccccc23)NC1=O. The molecule has 19 heavy (non-hydrogen) atoms. The maximum atomic E-state index is 12.3. The molecule has 4 nitrogen and oxygen atoms in total. The first-order chi connectivity index (χ1) is 9.18. The molecule has 2 N–H and O–H groups in total. The molecule has 1 atom stereocenters. The van der Waals surface area contributed by atoms with E-state index in [1.165, 1.54) is 0 Å². The van der Waals surface area contributed by atoms with Crippen LogP contribution in [0.1, 0.15) is 19.8 Å². The van der Waals surface area contributed by atoms with Crippen LogP contribution in [-0.4, -0.2) is 16.4 Å². The summed E-state index contributed by atoms with van der Waals surface area (Å²) in [6.45, 7) is 2.00. The molecule has 0 saturated heterocycles. The Morgan fingerprint density at radius 2 is 2.11 bits per heavy atom. The van der Waals surface area contributed by atoms with Crippen molar-refractivity contribution in [2.45, 2.75) is 25.3 Å². The van der Waals surface area contributed by atoms with Gasteiger partial charge in [0.05, 0.1) is 23.1 Å². The van der Waals surface area contributed by atoms with Gasteiger partial charge in [-0.2, -0.15) is 0 Å². The molecule has 4 heteroatoms. The molecule has 2 aromatic rings. The summed E-state index contributed by atoms with van der Waals surface area (Å²) < 4.78 is 0. The predicted octanol–water partition coefficient (Wildman–Crippen LogP) is 2.77. The number of pyridine rings is 1. The van der Waals surface area contributed by atoms with Crippen LogP contribution in [0.2, 0.25) is 0 Å². The van der Waals surface area contributed by atoms with Gasteiger partial charge in [-0.3, -0.25) is 9.78 Å². The minimum atomic E-state index is -0.489. The van der Waals surface area contributed by atoms with Gasteiger partial charge in [0.2, 0.25) is 5.91 Å². The number of carbonyl (C=O) groups excluding carboxylic acids is 1. The molecule has 1 saturated carbocycles. The summed E-state index contributed by atoms with van der Waals surface area (Å²) in [7, 11) is 0. The Hall–Kier alpha value is -2.10. The van der Waals surface area contributed by atoms with E-state index in [0.717, 1.165) is 35.1 Å². The fourth-order valence-electron chi connectivity index (χ4n) is 2.89. The van der Waals surface area contributed by atoms with Crippen LogP contribution in [0.25, 0.3) is 10.9 Å². The molecule has 0 radical (unpaired) electrons. The Kier molecular flexibility index (Phi) is 1.97. The van der Waals surface area contributed by atoms with Gasteiger partial charge in [0, 0.05) is 5.39 Å². The van der Waals surface area contributed by atoms with Gasteiger partial charge in [-0.1, -0.05) is 18.2 Å². The standard InChI is InChI=1S/C15H15N3O/c1-15(9-6-7-9)14(19)17-12-8-16-11-5-3-2-4-10(11)13(12)18-15/h2-5,8-9,18H,6-7H2,1H3,(H,17,19). The van der Waals surface area contributed by atoms with Crippen LogP contribution in [0.3, 0.4) is 0 Å². The molecule has 2 heterocycles. The third-order valence-electron chi connectivity index (χ3n) is 4.27. The van der Waals surface area contributed by atoms with Crippen molar-refractivity contribution in [2.24, 2.45) is 5.92 Å². The normalized spacial score (nSPS) is 25.6. The smallest absolute Gasteiger partial charge is 0.250 e. The molecule has 96 valence electrons. The van der Waals surface area contributed by atoms with Gasteiger partial charge in [0.1, 0.15) is 5.54 Å². The second kappa shape index (κ2) is 3.47. The van der Waals surface area contributed by atoms with Gasteiger partial charge in [-0.05, 0) is 31.7 Å². The lowest BCUT2D eigenvalue weighted by Gasteiger charge is -2.36. The molecule has 2 aliphatic rings. The summed E-state index contributed by atoms with van der Waals surface area (Å²) in [6, 6.07) is 8.00. The van der Waals surface area contributed by atoms with Crippen molar-refractivity contribution in [3.05, 3.63) is 30.5 Å². The molecule has 1 aromatic carbocycles. The molecule has 0 bridgehead atoms. The highest BCUT2D eigenvalue weighted by molar-refractivity contribution is 6.11. The van der Waals surface area contributed by atoms with E-state index in [1.54, 1.807) is 6.20 Å². The number of nitrogens with zero attached hydrogens (tertiary/aromatic N) is 1. The number of anilines is 2. The third-order valence-corrected chi connectivity index (χ3v) is 4.27. The largest absolute Gasteiger partial charge is 0.369 e. The van der Waals surface area contributed by atoms with Gasteiger partial charge in [-0.15, -0.1) is 0 Å². The number of aromatic nitrogens is 1. The number of para-hydroxylation sites is 1. The molecule has 0 spiro atoms. The molecule has 1 aliphatic carbocycles. The Morgan fingerprint density at radius 1 is 1.32 bits per heavy atom. The van der Waals surface area contributed by atoms with E-state index in [4.69, 9.17) is 0 Å². The maximum Gasteiger partial charge on any atom is 0.250 e. The van der Waals surface area contributed by atoms with Gasteiger partial charge in [0.15, 0.2) is 0 Å². The molecule has 1 fully saturated rings. The Balaban J connectivity index is 1.92. The van der Waals surface area contributed by atoms with Crippen LogP contribution >= 0.6 is 0 Å². The van der Waals surface area contributed by atoms with E-state index in [0.29, 0.717) is 5.92 Å². The quantitative estimate of drug-likeness (QED) is 0.821. The maximum absolute atomic E-state index is 12.3. The number of hydrogen-bond acceptors (Lipinski definition) is 3. The van der Waals surface area contributed by atoms with Crippen molar-refractivity contribution in [1.29, 1.82) is 0 Å². The molecule has 1 unspecified atom stereocenters. The predicted molar refractivity (Wildman–Crippen MR) is 75.1 cm³/mol. The summed E-state index contributed by atoms with van der Waals surface area (Å²) >= 11 is 0. The van der Waals surface area contributed by atoms with E-state index < -0.39 is 5.54 Å². The number of carbonyl (C=O) groups is 1. The Morgan fingerprint density at radius 3 is 2.89 bits per heavy atom. The zero-order chi connectivity index (χ0) is 13.0. The zero-order valence-corrected chi connectivity index (χ0v) is 10.7. The van der Waals surface area contributed by atoms with Crippen molar-refractivity contribution >= 4 is 28.2 Å². The average Bonchev–Trinajstić information content (AvgIpc) is 3.25. The summed E-state index contributed by atoms with van der Waals surface area (Å²) in [5, 5.41) is 7.54. The van der Waals surface area contributed by atoms with Gasteiger partial charge < -0.3 is 10.6 Å². The Bertz CT molecular complexity index is 693. The first-order valence-electron chi connectivity index (χ1n) is 6.66. The van der Waals surface area contributed by atoms with E-state index in [9.17, 15) is 4.79 Å². The first kappa shape index (κ1) is 10.8. The number of benzene rings is 1. The van der Waals surface area contributed by atoms with E-state index in [2.05, 4.69) is 15.6 Å². The fraction of sp³-hybridized carbons (Fsp3) is 0.333. The molecule has 1 amide bonds. The fourth-order valence-corrected chi connectivity index (χ4v) is 2.89. The monoisotopic (exact) mass is 253 g/mol. The second-order valence-electron chi connectivity index (χ2n) is 5.62. The minimum absolute atomic E-state index is 0.0552. The summed E-state index contributed by atoms with van der Waals surface area (Å²) in [5.41, 5.74) is 2.24. The highest BCUT2D eigenvalue weighted by atomic mass is 16.2. The topological polar surface area (TPSA) is 54.0 Å². The molecule has 4 rings (SSSR count). The average molecular weight is 253 g/mol. The van der Waals surface area contributed by atoms with Crippen molar-refractivity contribution in [1.82, 2.24) is 4.98 Å². The number of fused-ring (bicyclic) bond motifs is 3. The second-order valence-corrected chi connectivity index (χ2v) is 5.62. The third kappa shape index (κ3) is 1.46. The van der Waals surface area contributed by atoms with E-state index in [-0.39, 0.29) is 5.91 Å². The van der Waals surface area contributed by atoms with Gasteiger partial charge in [-0.25, -0.2) is 0 Å². The molecular weight excluding hydrogens is 238 g/mol. The summed E-state index contributed by atoms with van der Waals surface area (Å²) in [4.78, 5) is 16.7. The van der Waals surface area contributed by atoms with Crippen LogP contribution in [0.5, 0.6) is 0 Å². The van der Waals surface area contributed by atoms with E-state index >= 15 is 0 Å². The molecule has 1 aromatic heterocycles. The van der Waals surface area contributed by atoms with Crippen LogP contribution in [0.4, 0.5) is 11.4 Å². The first-order valence-corrected chi connectivity index (χ1v) is 6.66. The lowest BCUT2D eigenvalue weighted by Crippen LogP contribution is -2.52. The van der Waals surface area contributed by atoms with Crippen molar-refractivity contribution < 1.29 is 4.79 Å². The van der Waals surface area contributed by atoms with Crippen molar-refractivity contribution in [3.63, 3.8) is 0 Å². The molecular formula is C15H15N3O. The Labute approximate surface area is 111 Å². The number of amides is 1. The van der Waals surface area contributed by atoms with Crippen molar-refractivity contribution in [2.75, 3.05) is 10.6 Å². The number of hydrogen-bond donors (Lipinski definition) is 2. The summed E-state index contributed by atoms with van der Waals surface area (Å²) in [5.74, 6) is 0.493. The lowest BCUT2D eigenvalue weighted by molar-refractivity contribution is -0.120. The minimum Gasteiger partial charge on any atom is -0.369 e. The van der Waals surface area contributed by atoms with E-state index in [1.807, 2.05) is 31.2 Å². The highest BCUT2D eigenvalue weighted by Crippen LogP contribution is 2.46. The van der Waals surface area contributed by atoms with Crippen molar-refractivity contribution in [3.8, 4) is 0 Å². The highest BCUT2D eigenvalue weighted by Gasteiger charge is 2.49. The number of rotatable bonds is 1. The van der Waals surface area contributed by atoms with Crippen LogP contribution in [0.15, 0.2) is 30.5 Å². The lowest BCUT2D eigenvalue weighted by atomic mass is 9.91. The number of nitrogens with one attached hydrogen (secondary N) is 2. The van der Waals surface area contributed by atoms with Gasteiger partial charge in [0.25, 0.3) is 0 Å². The molecule has 1 aliphatic heterocycles. The zero-order valence-electron chi connectivity index (χ0n) is 10.7. The summed E-state index contributed by atoms with van der Waals surface area (Å²) in [6.07, 6.45) is 3.97. The van der Waals surface area contributed by atoms with Crippen LogP contribution in [0, 0.1) is 5.92 Å². The van der Waals surface area contributed by atoms with Crippen LogP contribution < -0.4 is 10.6 Å².